The third kappa shape index (κ3) is 2.95. The number of aromatic nitrogens is 2. The van der Waals surface area contributed by atoms with Crippen molar-refractivity contribution in [2.75, 3.05) is 42.6 Å². The highest BCUT2D eigenvalue weighted by Crippen LogP contribution is 2.42. The molecule has 0 aliphatic carbocycles. The molecule has 0 unspecified atom stereocenters. The molecule has 9 nitrogen and oxygen atoms in total. The topological polar surface area (TPSA) is 101 Å². The standard InChI is InChI=1S/C24H19FN4O5/c1-13-12-33-22-19-14(21(30)15(23(31)32)11-29(13)19)10-16(25)20(22)27-6-8-28(9-7-27)24-26-17-4-2-3-5-18(17)34-24/h2-5,10-11H,1,6-9,12H2,(H,31,32). The number of halogens is 1. The molecule has 1 fully saturated rings. The van der Waals surface area contributed by atoms with Crippen LogP contribution in [0, 0.1) is 5.82 Å². The number of pyridine rings is 1. The molecule has 2 aromatic carbocycles. The van der Waals surface area contributed by atoms with Crippen LogP contribution < -0.4 is 20.0 Å². The van der Waals surface area contributed by atoms with Crippen LogP contribution in [0.25, 0.3) is 27.7 Å². The van der Waals surface area contributed by atoms with Crippen molar-refractivity contribution in [3.8, 4) is 5.75 Å². The number of para-hydroxylation sites is 2. The molecule has 10 heteroatoms. The summed E-state index contributed by atoms with van der Waals surface area (Å²) >= 11 is 0. The van der Waals surface area contributed by atoms with Crippen molar-refractivity contribution in [2.24, 2.45) is 0 Å². The van der Waals surface area contributed by atoms with E-state index in [0.29, 0.717) is 49.0 Å². The Bertz CT molecular complexity index is 1530. The average molecular weight is 462 g/mol. The SMILES string of the molecule is C=C1COc2c(N3CCN(c4nc5ccccc5o4)CC3)c(F)cc3c(=O)c(C(=O)O)cn1c23. The van der Waals surface area contributed by atoms with Crippen molar-refractivity contribution in [1.82, 2.24) is 9.55 Å². The fourth-order valence-electron chi connectivity index (χ4n) is 4.59. The second-order valence-corrected chi connectivity index (χ2v) is 8.27. The minimum atomic E-state index is -1.38. The molecule has 2 aliphatic heterocycles. The first kappa shape index (κ1) is 20.3. The lowest BCUT2D eigenvalue weighted by atomic mass is 10.1. The van der Waals surface area contributed by atoms with Gasteiger partial charge in [-0.1, -0.05) is 18.7 Å². The van der Waals surface area contributed by atoms with E-state index in [0.717, 1.165) is 11.6 Å². The molecular formula is C24H19FN4O5. The smallest absolute Gasteiger partial charge is 0.341 e. The first-order valence-electron chi connectivity index (χ1n) is 10.7. The third-order valence-electron chi connectivity index (χ3n) is 6.27. The maximum atomic E-state index is 15.4. The fraction of sp³-hybridized carbons (Fsp3) is 0.208. The number of piperazine rings is 1. The number of aromatic carboxylic acids is 1. The molecule has 34 heavy (non-hydrogen) atoms. The number of carboxylic acid groups (broad SMARTS) is 1. The van der Waals surface area contributed by atoms with Gasteiger partial charge >= 0.3 is 5.97 Å². The van der Waals surface area contributed by atoms with Gasteiger partial charge in [0.15, 0.2) is 17.1 Å². The van der Waals surface area contributed by atoms with Crippen molar-refractivity contribution >= 4 is 45.4 Å². The van der Waals surface area contributed by atoms with E-state index in [1.54, 1.807) is 0 Å². The number of oxazole rings is 1. The summed E-state index contributed by atoms with van der Waals surface area (Å²) in [6.07, 6.45) is 1.23. The molecule has 1 saturated heterocycles. The summed E-state index contributed by atoms with van der Waals surface area (Å²) in [6.45, 7) is 5.97. The van der Waals surface area contributed by atoms with Gasteiger partial charge in [0.05, 0.1) is 11.1 Å². The summed E-state index contributed by atoms with van der Waals surface area (Å²) in [6, 6.07) is 9.13. The van der Waals surface area contributed by atoms with Gasteiger partial charge < -0.3 is 28.6 Å². The van der Waals surface area contributed by atoms with Crippen LogP contribution in [0.3, 0.4) is 0 Å². The number of carboxylic acids is 1. The van der Waals surface area contributed by atoms with Gasteiger partial charge in [-0.15, -0.1) is 0 Å². The average Bonchev–Trinajstić information content (AvgIpc) is 3.27. The number of anilines is 2. The molecular weight excluding hydrogens is 443 g/mol. The minimum absolute atomic E-state index is 0.0450. The Morgan fingerprint density at radius 2 is 1.88 bits per heavy atom. The van der Waals surface area contributed by atoms with E-state index in [4.69, 9.17) is 9.15 Å². The number of ether oxygens (including phenoxy) is 1. The lowest BCUT2D eigenvalue weighted by Crippen LogP contribution is -2.47. The molecule has 0 atom stereocenters. The molecule has 0 saturated carbocycles. The molecule has 2 aromatic heterocycles. The first-order valence-corrected chi connectivity index (χ1v) is 10.7. The third-order valence-corrected chi connectivity index (χ3v) is 6.27. The van der Waals surface area contributed by atoms with Crippen LogP contribution in [0.2, 0.25) is 0 Å². The first-order chi connectivity index (χ1) is 16.4. The van der Waals surface area contributed by atoms with Gasteiger partial charge in [0.25, 0.3) is 6.01 Å². The van der Waals surface area contributed by atoms with Crippen LogP contribution >= 0.6 is 0 Å². The quantitative estimate of drug-likeness (QED) is 0.496. The van der Waals surface area contributed by atoms with Gasteiger partial charge in [-0.05, 0) is 18.2 Å². The van der Waals surface area contributed by atoms with Gasteiger partial charge in [-0.25, -0.2) is 9.18 Å². The van der Waals surface area contributed by atoms with E-state index >= 15 is 4.39 Å². The zero-order valence-electron chi connectivity index (χ0n) is 18.0. The molecule has 6 rings (SSSR count). The van der Waals surface area contributed by atoms with Crippen molar-refractivity contribution < 1.29 is 23.4 Å². The van der Waals surface area contributed by atoms with Gasteiger partial charge in [0, 0.05) is 32.4 Å². The molecule has 4 heterocycles. The van der Waals surface area contributed by atoms with E-state index in [1.165, 1.54) is 10.8 Å². The van der Waals surface area contributed by atoms with E-state index in [2.05, 4.69) is 11.6 Å². The second kappa shape index (κ2) is 7.34. The monoisotopic (exact) mass is 462 g/mol. The lowest BCUT2D eigenvalue weighted by Gasteiger charge is -2.37. The number of benzene rings is 2. The minimum Gasteiger partial charge on any atom is -0.483 e. The zero-order valence-corrected chi connectivity index (χ0v) is 18.0. The highest BCUT2D eigenvalue weighted by Gasteiger charge is 2.31. The lowest BCUT2D eigenvalue weighted by molar-refractivity contribution is 0.0695. The number of nitrogens with zero attached hydrogens (tertiary/aromatic N) is 4. The van der Waals surface area contributed by atoms with Crippen molar-refractivity contribution in [3.63, 3.8) is 0 Å². The number of fused-ring (bicyclic) bond motifs is 1. The molecule has 2 aliphatic rings. The summed E-state index contributed by atoms with van der Waals surface area (Å²) in [5.74, 6) is -1.81. The fourth-order valence-corrected chi connectivity index (χ4v) is 4.59. The maximum absolute atomic E-state index is 15.4. The van der Waals surface area contributed by atoms with Crippen LogP contribution in [0.4, 0.5) is 16.1 Å². The Morgan fingerprint density at radius 1 is 1.15 bits per heavy atom. The van der Waals surface area contributed by atoms with Crippen molar-refractivity contribution in [1.29, 1.82) is 0 Å². The summed E-state index contributed by atoms with van der Waals surface area (Å²) < 4.78 is 28.6. The maximum Gasteiger partial charge on any atom is 0.341 e. The number of hydrogen-bond donors (Lipinski definition) is 1. The zero-order chi connectivity index (χ0) is 23.6. The summed E-state index contributed by atoms with van der Waals surface area (Å²) in [5, 5.41) is 9.36. The van der Waals surface area contributed by atoms with Gasteiger partial charge in [0.1, 0.15) is 28.9 Å². The Labute approximate surface area is 191 Å². The van der Waals surface area contributed by atoms with Crippen molar-refractivity contribution in [2.45, 2.75) is 0 Å². The Morgan fingerprint density at radius 3 is 2.62 bits per heavy atom. The van der Waals surface area contributed by atoms with E-state index in [9.17, 15) is 14.7 Å². The van der Waals surface area contributed by atoms with Gasteiger partial charge in [0.2, 0.25) is 5.43 Å². The van der Waals surface area contributed by atoms with E-state index in [-0.39, 0.29) is 23.4 Å². The summed E-state index contributed by atoms with van der Waals surface area (Å²) in [4.78, 5) is 32.7. The highest BCUT2D eigenvalue weighted by atomic mass is 19.1. The number of carbonyl (C=O) groups is 1. The Hall–Kier alpha value is -4.34. The molecule has 0 radical (unpaired) electrons. The summed E-state index contributed by atoms with van der Waals surface area (Å²) in [7, 11) is 0. The van der Waals surface area contributed by atoms with Crippen molar-refractivity contribution in [3.05, 3.63) is 64.7 Å². The molecule has 1 N–H and O–H groups in total. The van der Waals surface area contributed by atoms with Crippen LogP contribution in [0.5, 0.6) is 5.75 Å². The predicted molar refractivity (Wildman–Crippen MR) is 124 cm³/mol. The van der Waals surface area contributed by atoms with E-state index < -0.39 is 22.8 Å². The van der Waals surface area contributed by atoms with Gasteiger partial charge in [-0.2, -0.15) is 4.98 Å². The summed E-state index contributed by atoms with van der Waals surface area (Å²) in [5.41, 5.74) is 1.30. The Kier molecular flexibility index (Phi) is 4.38. The highest BCUT2D eigenvalue weighted by molar-refractivity contribution is 5.99. The van der Waals surface area contributed by atoms with Crippen LogP contribution in [0.1, 0.15) is 10.4 Å². The van der Waals surface area contributed by atoms with Crippen LogP contribution in [0.15, 0.2) is 52.3 Å². The number of rotatable bonds is 3. The molecule has 4 aromatic rings. The normalized spacial score (nSPS) is 15.7. The van der Waals surface area contributed by atoms with Crippen LogP contribution in [-0.2, 0) is 0 Å². The molecule has 172 valence electrons. The van der Waals surface area contributed by atoms with Gasteiger partial charge in [-0.3, -0.25) is 4.79 Å². The predicted octanol–water partition coefficient (Wildman–Crippen LogP) is 3.17. The van der Waals surface area contributed by atoms with E-state index in [1.807, 2.05) is 34.1 Å². The molecule has 0 amide bonds. The molecule has 0 spiro atoms. The largest absolute Gasteiger partial charge is 0.483 e. The van der Waals surface area contributed by atoms with Crippen LogP contribution in [-0.4, -0.2) is 53.4 Å². The molecule has 0 bridgehead atoms. The Balaban J connectivity index is 1.38. The second-order valence-electron chi connectivity index (χ2n) is 8.27. The number of hydrogen-bond acceptors (Lipinski definition) is 7.